The summed E-state index contributed by atoms with van der Waals surface area (Å²) < 4.78 is 0. The van der Waals surface area contributed by atoms with Gasteiger partial charge in [0.15, 0.2) is 0 Å². The number of aliphatic carboxylic acids is 1. The van der Waals surface area contributed by atoms with E-state index >= 15 is 0 Å². The molecule has 0 aromatic carbocycles. The second-order valence-corrected chi connectivity index (χ2v) is 0.995. The highest BCUT2D eigenvalue weighted by Crippen LogP contribution is 1.69. The van der Waals surface area contributed by atoms with Gasteiger partial charge in [0.2, 0.25) is 0 Å². The van der Waals surface area contributed by atoms with Gasteiger partial charge in [-0.2, -0.15) is 0 Å². The lowest BCUT2D eigenvalue weighted by Gasteiger charge is -2.00. The molecular weight excluding hydrogens is 119 g/mol. The predicted octanol–water partition coefficient (Wildman–Crippen LogP) is -4.88. The van der Waals surface area contributed by atoms with Crippen LogP contribution in [0.1, 0.15) is 6.92 Å². The molecule has 0 aliphatic rings. The molecule has 4 heteroatoms. The SMILES string of the molecule is CC(O)C(=O)[O-].[Cl-]. The maximum Gasteiger partial charge on any atom is 0.0905 e. The van der Waals surface area contributed by atoms with Gasteiger partial charge >= 0.3 is 0 Å². The van der Waals surface area contributed by atoms with Gasteiger partial charge in [-0.1, -0.05) is 0 Å². The van der Waals surface area contributed by atoms with Crippen LogP contribution in [-0.2, 0) is 4.79 Å². The van der Waals surface area contributed by atoms with Crippen molar-refractivity contribution < 1.29 is 27.4 Å². The van der Waals surface area contributed by atoms with Crippen LogP contribution in [0.5, 0.6) is 0 Å². The van der Waals surface area contributed by atoms with Crippen LogP contribution in [0.15, 0.2) is 0 Å². The molecule has 0 aliphatic carbocycles. The second kappa shape index (κ2) is 3.89. The van der Waals surface area contributed by atoms with Gasteiger partial charge in [0, 0.05) is 0 Å². The quantitative estimate of drug-likeness (QED) is 0.381. The van der Waals surface area contributed by atoms with E-state index in [4.69, 9.17) is 5.11 Å². The summed E-state index contributed by atoms with van der Waals surface area (Å²) >= 11 is 0. The number of carbonyl (C=O) groups is 1. The smallest absolute Gasteiger partial charge is 0.0905 e. The van der Waals surface area contributed by atoms with Crippen molar-refractivity contribution in [1.82, 2.24) is 0 Å². The predicted molar refractivity (Wildman–Crippen MR) is 16.7 cm³/mol. The molecule has 0 rings (SSSR count). The van der Waals surface area contributed by atoms with Gasteiger partial charge < -0.3 is 27.4 Å². The zero-order chi connectivity index (χ0) is 5.15. The third-order valence-electron chi connectivity index (χ3n) is 0.341. The van der Waals surface area contributed by atoms with Crippen LogP contribution in [0.3, 0.4) is 0 Å². The molecule has 0 bridgehead atoms. The Morgan fingerprint density at radius 3 is 2.00 bits per heavy atom. The lowest BCUT2D eigenvalue weighted by Crippen LogP contribution is -3.00. The summed E-state index contributed by atoms with van der Waals surface area (Å²) in [5.74, 6) is -1.44. The fourth-order valence-electron chi connectivity index (χ4n) is 0. The van der Waals surface area contributed by atoms with Crippen molar-refractivity contribution in [3.8, 4) is 0 Å². The molecule has 0 fully saturated rings. The largest absolute Gasteiger partial charge is 1.00 e. The summed E-state index contributed by atoms with van der Waals surface area (Å²) in [4.78, 5) is 9.34. The lowest BCUT2D eigenvalue weighted by molar-refractivity contribution is -0.314. The average Bonchev–Trinajstić information content (AvgIpc) is 1.36. The first-order valence-corrected chi connectivity index (χ1v) is 1.53. The van der Waals surface area contributed by atoms with Gasteiger partial charge in [0.25, 0.3) is 0 Å². The van der Waals surface area contributed by atoms with Gasteiger partial charge in [0.05, 0.1) is 12.1 Å². The fraction of sp³-hybridized carbons (Fsp3) is 0.667. The van der Waals surface area contributed by atoms with Crippen molar-refractivity contribution in [2.75, 3.05) is 0 Å². The number of carboxylic acids is 1. The normalized spacial score (nSPS) is 11.7. The Balaban J connectivity index is 0. The minimum atomic E-state index is -1.44. The van der Waals surface area contributed by atoms with E-state index in [1.165, 1.54) is 0 Å². The summed E-state index contributed by atoms with van der Waals surface area (Å²) in [5, 5.41) is 17.3. The molecule has 0 spiro atoms. The molecule has 0 heterocycles. The van der Waals surface area contributed by atoms with Crippen LogP contribution in [0.25, 0.3) is 0 Å². The van der Waals surface area contributed by atoms with Gasteiger partial charge in [-0.05, 0) is 6.92 Å². The summed E-state index contributed by atoms with van der Waals surface area (Å²) in [6, 6.07) is 0. The van der Waals surface area contributed by atoms with Crippen molar-refractivity contribution >= 4 is 5.97 Å². The molecule has 0 aliphatic heterocycles. The number of carboxylic acid groups (broad SMARTS) is 1. The molecule has 1 unspecified atom stereocenters. The van der Waals surface area contributed by atoms with Crippen molar-refractivity contribution in [2.45, 2.75) is 13.0 Å². The molecule has 0 saturated carbocycles. The number of halogens is 1. The van der Waals surface area contributed by atoms with E-state index in [2.05, 4.69) is 0 Å². The Labute approximate surface area is 47.4 Å². The standard InChI is InChI=1S/C3H6O3.ClH/c1-2(4)3(5)6;/h2,4H,1H3,(H,5,6);1H/p-2. The van der Waals surface area contributed by atoms with Crippen LogP contribution < -0.4 is 17.5 Å². The molecule has 7 heavy (non-hydrogen) atoms. The van der Waals surface area contributed by atoms with Gasteiger partial charge in [-0.25, -0.2) is 0 Å². The van der Waals surface area contributed by atoms with E-state index in [0.29, 0.717) is 0 Å². The van der Waals surface area contributed by atoms with Crippen LogP contribution >= 0.6 is 0 Å². The van der Waals surface area contributed by atoms with E-state index in [1.54, 1.807) is 0 Å². The first kappa shape index (κ1) is 9.87. The summed E-state index contributed by atoms with van der Waals surface area (Å²) in [6.07, 6.45) is -1.34. The molecule has 1 N–H and O–H groups in total. The monoisotopic (exact) mass is 124 g/mol. The Morgan fingerprint density at radius 2 is 2.00 bits per heavy atom. The molecule has 0 radical (unpaired) electrons. The van der Waals surface area contributed by atoms with Crippen LogP contribution in [0.4, 0.5) is 0 Å². The van der Waals surface area contributed by atoms with Crippen molar-refractivity contribution in [3.05, 3.63) is 0 Å². The van der Waals surface area contributed by atoms with Crippen LogP contribution in [0.2, 0.25) is 0 Å². The number of hydrogen-bond acceptors (Lipinski definition) is 3. The van der Waals surface area contributed by atoms with Gasteiger partial charge in [-0.15, -0.1) is 0 Å². The highest BCUT2D eigenvalue weighted by atomic mass is 35.5. The fourth-order valence-corrected chi connectivity index (χ4v) is 0. The van der Waals surface area contributed by atoms with E-state index in [9.17, 15) is 9.90 Å². The number of aliphatic hydroxyl groups excluding tert-OH is 1. The molecule has 3 nitrogen and oxygen atoms in total. The first-order valence-electron chi connectivity index (χ1n) is 1.53. The number of aliphatic hydroxyl groups is 1. The minimum Gasteiger partial charge on any atom is -1.00 e. The molecule has 1 atom stereocenters. The maximum absolute atomic E-state index is 9.34. The Bertz CT molecular complexity index is 61.2. The van der Waals surface area contributed by atoms with Gasteiger partial charge in [-0.3, -0.25) is 0 Å². The van der Waals surface area contributed by atoms with E-state index in [1.807, 2.05) is 0 Å². The van der Waals surface area contributed by atoms with Crippen molar-refractivity contribution in [2.24, 2.45) is 0 Å². The van der Waals surface area contributed by atoms with Crippen LogP contribution in [0, 0.1) is 0 Å². The Morgan fingerprint density at radius 1 is 1.86 bits per heavy atom. The molecule has 0 saturated heterocycles. The number of rotatable bonds is 1. The van der Waals surface area contributed by atoms with E-state index < -0.39 is 12.1 Å². The summed E-state index contributed by atoms with van der Waals surface area (Å²) in [6.45, 7) is 1.13. The van der Waals surface area contributed by atoms with Gasteiger partial charge in [0.1, 0.15) is 0 Å². The molecule has 0 aromatic rings. The molecule has 0 amide bonds. The van der Waals surface area contributed by atoms with Crippen LogP contribution in [-0.4, -0.2) is 17.2 Å². The third-order valence-corrected chi connectivity index (χ3v) is 0.341. The highest BCUT2D eigenvalue weighted by Gasteiger charge is 1.89. The average molecular weight is 125 g/mol. The highest BCUT2D eigenvalue weighted by molar-refractivity contribution is 5.68. The molecule has 44 valence electrons. The Kier molecular flexibility index (Phi) is 5.49. The van der Waals surface area contributed by atoms with Crippen molar-refractivity contribution in [3.63, 3.8) is 0 Å². The first-order chi connectivity index (χ1) is 2.64. The second-order valence-electron chi connectivity index (χ2n) is 0.995. The Hall–Kier alpha value is -0.280. The summed E-state index contributed by atoms with van der Waals surface area (Å²) in [7, 11) is 0. The number of carbonyl (C=O) groups excluding carboxylic acids is 1. The third kappa shape index (κ3) is 5.72. The maximum atomic E-state index is 9.34. The number of hydrogen-bond donors (Lipinski definition) is 1. The van der Waals surface area contributed by atoms with E-state index in [-0.39, 0.29) is 12.4 Å². The summed E-state index contributed by atoms with van der Waals surface area (Å²) in [5.41, 5.74) is 0. The molecule has 0 aromatic heterocycles. The zero-order valence-electron chi connectivity index (χ0n) is 3.72. The lowest BCUT2D eigenvalue weighted by atomic mass is 10.4. The minimum absolute atomic E-state index is 0. The van der Waals surface area contributed by atoms with E-state index in [0.717, 1.165) is 6.92 Å². The van der Waals surface area contributed by atoms with Crippen molar-refractivity contribution in [1.29, 1.82) is 0 Å². The molecular formula is C3H5ClO3-2. The zero-order valence-corrected chi connectivity index (χ0v) is 4.47. The topological polar surface area (TPSA) is 60.4 Å².